The van der Waals surface area contributed by atoms with Crippen molar-refractivity contribution in [3.8, 4) is 12.0 Å². The second-order valence-electron chi connectivity index (χ2n) is 6.20. The normalized spacial score (nSPS) is 15.5. The van der Waals surface area contributed by atoms with E-state index in [-0.39, 0.29) is 24.5 Å². The maximum absolute atomic E-state index is 13.1. The molecule has 0 bridgehead atoms. The fraction of sp³-hybridized carbons (Fsp3) is 0.444. The van der Waals surface area contributed by atoms with E-state index in [2.05, 4.69) is 20.3 Å². The fourth-order valence-electron chi connectivity index (χ4n) is 3.36. The molecule has 0 unspecified atom stereocenters. The minimum atomic E-state index is -0.536. The molecule has 0 atom stereocenters. The van der Waals surface area contributed by atoms with Crippen LogP contribution in [0.1, 0.15) is 37.1 Å². The number of methoxy groups -OCH3 is 2. The molecule has 8 heteroatoms. The highest BCUT2D eigenvalue weighted by atomic mass is 35.5. The van der Waals surface area contributed by atoms with Gasteiger partial charge in [0, 0.05) is 5.02 Å². The van der Waals surface area contributed by atoms with Gasteiger partial charge in [-0.3, -0.25) is 4.79 Å². The van der Waals surface area contributed by atoms with Crippen LogP contribution in [0.3, 0.4) is 0 Å². The van der Waals surface area contributed by atoms with Crippen molar-refractivity contribution in [2.24, 2.45) is 0 Å². The Balaban J connectivity index is 1.78. The van der Waals surface area contributed by atoms with E-state index in [0.717, 1.165) is 31.2 Å². The van der Waals surface area contributed by atoms with Crippen molar-refractivity contribution in [2.75, 3.05) is 14.2 Å². The minimum absolute atomic E-state index is 0.0318. The van der Waals surface area contributed by atoms with Gasteiger partial charge in [-0.1, -0.05) is 36.6 Å². The van der Waals surface area contributed by atoms with Gasteiger partial charge in [0.25, 0.3) is 0 Å². The van der Waals surface area contributed by atoms with Crippen LogP contribution in [0, 0.1) is 0 Å². The molecule has 1 aliphatic rings. The van der Waals surface area contributed by atoms with Crippen molar-refractivity contribution in [1.29, 1.82) is 0 Å². The average Bonchev–Trinajstić information content (AvgIpc) is 3.17. The van der Waals surface area contributed by atoms with E-state index in [4.69, 9.17) is 21.1 Å². The SMILES string of the molecule is COc1nc(CNC(=O)C2(c3ccc(Cl)cc3)CCCC2)nc(OC)n1. The van der Waals surface area contributed by atoms with E-state index in [1.165, 1.54) is 14.2 Å². The van der Waals surface area contributed by atoms with Crippen molar-refractivity contribution < 1.29 is 14.3 Å². The fourth-order valence-corrected chi connectivity index (χ4v) is 3.49. The zero-order chi connectivity index (χ0) is 18.6. The number of rotatable bonds is 6. The Hall–Kier alpha value is -2.41. The van der Waals surface area contributed by atoms with Gasteiger partial charge in [0.15, 0.2) is 5.82 Å². The molecule has 26 heavy (non-hydrogen) atoms. The monoisotopic (exact) mass is 376 g/mol. The van der Waals surface area contributed by atoms with Crippen LogP contribution in [0.15, 0.2) is 24.3 Å². The molecule has 1 saturated carbocycles. The quantitative estimate of drug-likeness (QED) is 0.834. The summed E-state index contributed by atoms with van der Waals surface area (Å²) in [6.45, 7) is 0.170. The third-order valence-corrected chi connectivity index (χ3v) is 4.95. The van der Waals surface area contributed by atoms with E-state index in [9.17, 15) is 4.79 Å². The first-order valence-electron chi connectivity index (χ1n) is 8.45. The smallest absolute Gasteiger partial charge is 0.322 e. The van der Waals surface area contributed by atoms with Crippen molar-refractivity contribution in [3.05, 3.63) is 40.7 Å². The molecule has 1 fully saturated rings. The summed E-state index contributed by atoms with van der Waals surface area (Å²) in [7, 11) is 2.93. The predicted molar refractivity (Wildman–Crippen MR) is 96.4 cm³/mol. The molecule has 1 aromatic carbocycles. The Kier molecular flexibility index (Phi) is 5.56. The van der Waals surface area contributed by atoms with Gasteiger partial charge in [0.2, 0.25) is 5.91 Å². The van der Waals surface area contributed by atoms with Crippen LogP contribution in [-0.2, 0) is 16.8 Å². The highest BCUT2D eigenvalue weighted by molar-refractivity contribution is 6.30. The summed E-state index contributed by atoms with van der Waals surface area (Å²) in [5.41, 5.74) is 0.453. The van der Waals surface area contributed by atoms with Gasteiger partial charge in [-0.05, 0) is 30.5 Å². The second-order valence-corrected chi connectivity index (χ2v) is 6.64. The van der Waals surface area contributed by atoms with Crippen LogP contribution in [-0.4, -0.2) is 35.1 Å². The third kappa shape index (κ3) is 3.72. The Bertz CT molecular complexity index is 754. The number of nitrogens with zero attached hydrogens (tertiary/aromatic N) is 3. The van der Waals surface area contributed by atoms with Crippen LogP contribution < -0.4 is 14.8 Å². The lowest BCUT2D eigenvalue weighted by molar-refractivity contribution is -0.126. The Morgan fingerprint density at radius 3 is 2.19 bits per heavy atom. The zero-order valence-electron chi connectivity index (χ0n) is 14.8. The van der Waals surface area contributed by atoms with Crippen molar-refractivity contribution in [2.45, 2.75) is 37.6 Å². The highest BCUT2D eigenvalue weighted by Crippen LogP contribution is 2.41. The molecular weight excluding hydrogens is 356 g/mol. The van der Waals surface area contributed by atoms with Crippen LogP contribution >= 0.6 is 11.6 Å². The number of carbonyl (C=O) groups excluding carboxylic acids is 1. The number of nitrogens with one attached hydrogen (secondary N) is 1. The first-order chi connectivity index (χ1) is 12.6. The molecule has 7 nitrogen and oxygen atoms in total. The molecule has 1 aliphatic carbocycles. The summed E-state index contributed by atoms with van der Waals surface area (Å²) in [5, 5.41) is 3.62. The molecular formula is C18H21ClN4O3. The summed E-state index contributed by atoms with van der Waals surface area (Å²) in [6.07, 6.45) is 3.65. The summed E-state index contributed by atoms with van der Waals surface area (Å²) in [4.78, 5) is 25.3. The van der Waals surface area contributed by atoms with Gasteiger partial charge in [-0.25, -0.2) is 0 Å². The lowest BCUT2D eigenvalue weighted by Gasteiger charge is -2.28. The van der Waals surface area contributed by atoms with E-state index in [1.807, 2.05) is 24.3 Å². The largest absolute Gasteiger partial charge is 0.467 e. The van der Waals surface area contributed by atoms with E-state index < -0.39 is 5.41 Å². The molecule has 0 spiro atoms. The Labute approximate surface area is 157 Å². The molecule has 1 N–H and O–H groups in total. The molecule has 1 amide bonds. The molecule has 0 aliphatic heterocycles. The molecule has 0 saturated heterocycles. The molecule has 2 aromatic rings. The van der Waals surface area contributed by atoms with Gasteiger partial charge in [-0.15, -0.1) is 4.98 Å². The molecule has 1 heterocycles. The summed E-state index contributed by atoms with van der Waals surface area (Å²) in [5.74, 6) is 0.349. The van der Waals surface area contributed by atoms with Crippen LogP contribution in [0.2, 0.25) is 5.02 Å². The van der Waals surface area contributed by atoms with Gasteiger partial charge in [0.1, 0.15) is 0 Å². The number of hydrogen-bond donors (Lipinski definition) is 1. The van der Waals surface area contributed by atoms with Gasteiger partial charge in [-0.2, -0.15) is 9.97 Å². The first-order valence-corrected chi connectivity index (χ1v) is 8.82. The Morgan fingerprint density at radius 1 is 1.08 bits per heavy atom. The average molecular weight is 377 g/mol. The molecule has 138 valence electrons. The van der Waals surface area contributed by atoms with Gasteiger partial charge >= 0.3 is 12.0 Å². The van der Waals surface area contributed by atoms with E-state index in [1.54, 1.807) is 0 Å². The van der Waals surface area contributed by atoms with Crippen molar-refractivity contribution in [3.63, 3.8) is 0 Å². The van der Waals surface area contributed by atoms with Crippen molar-refractivity contribution >= 4 is 17.5 Å². The second kappa shape index (κ2) is 7.86. The molecule has 0 radical (unpaired) electrons. The maximum atomic E-state index is 13.1. The molecule has 3 rings (SSSR count). The molecule has 1 aromatic heterocycles. The number of carbonyl (C=O) groups is 1. The standard InChI is InChI=1S/C18H21ClN4O3/c1-25-16-21-14(22-17(23-16)26-2)11-20-15(24)18(9-3-4-10-18)12-5-7-13(19)8-6-12/h5-8H,3-4,9-11H2,1-2H3,(H,20,24). The first kappa shape index (κ1) is 18.4. The van der Waals surface area contributed by atoms with E-state index >= 15 is 0 Å². The van der Waals surface area contributed by atoms with Gasteiger partial charge in [0.05, 0.1) is 26.2 Å². The van der Waals surface area contributed by atoms with Crippen LogP contribution in [0.4, 0.5) is 0 Å². The minimum Gasteiger partial charge on any atom is -0.467 e. The number of amides is 1. The van der Waals surface area contributed by atoms with Crippen LogP contribution in [0.25, 0.3) is 0 Å². The topological polar surface area (TPSA) is 86.2 Å². The van der Waals surface area contributed by atoms with Gasteiger partial charge < -0.3 is 14.8 Å². The number of benzene rings is 1. The van der Waals surface area contributed by atoms with Crippen molar-refractivity contribution in [1.82, 2.24) is 20.3 Å². The number of halogens is 1. The zero-order valence-corrected chi connectivity index (χ0v) is 15.5. The maximum Gasteiger partial charge on any atom is 0.322 e. The summed E-state index contributed by atoms with van der Waals surface area (Å²) >= 11 is 5.99. The lowest BCUT2D eigenvalue weighted by atomic mass is 9.78. The Morgan fingerprint density at radius 2 is 1.65 bits per heavy atom. The van der Waals surface area contributed by atoms with E-state index in [0.29, 0.717) is 10.8 Å². The third-order valence-electron chi connectivity index (χ3n) is 4.70. The predicted octanol–water partition coefficient (Wildman–Crippen LogP) is 2.67. The van der Waals surface area contributed by atoms with Crippen LogP contribution in [0.5, 0.6) is 12.0 Å². The highest BCUT2D eigenvalue weighted by Gasteiger charge is 2.42. The number of ether oxygens (including phenoxy) is 2. The lowest BCUT2D eigenvalue weighted by Crippen LogP contribution is -2.42. The number of aromatic nitrogens is 3. The summed E-state index contributed by atoms with van der Waals surface area (Å²) in [6, 6.07) is 7.81. The summed E-state index contributed by atoms with van der Waals surface area (Å²) < 4.78 is 10.1. The number of hydrogen-bond acceptors (Lipinski definition) is 6.